The summed E-state index contributed by atoms with van der Waals surface area (Å²) >= 11 is 0. The Kier molecular flexibility index (Phi) is 5.57. The minimum absolute atomic E-state index is 0.0111. The van der Waals surface area contributed by atoms with E-state index in [0.717, 1.165) is 6.42 Å². The van der Waals surface area contributed by atoms with E-state index in [9.17, 15) is 14.4 Å². The topological polar surface area (TPSA) is 111 Å². The summed E-state index contributed by atoms with van der Waals surface area (Å²) in [5.74, 6) is -0.846. The van der Waals surface area contributed by atoms with Crippen molar-refractivity contribution in [1.29, 1.82) is 0 Å². The number of alkyl carbamates (subject to hydrolysis) is 1. The van der Waals surface area contributed by atoms with E-state index in [4.69, 9.17) is 10.5 Å². The van der Waals surface area contributed by atoms with Crippen LogP contribution in [0.5, 0.6) is 0 Å². The number of hydrogen-bond acceptors (Lipinski definition) is 4. The van der Waals surface area contributed by atoms with Gasteiger partial charge in [0.2, 0.25) is 11.8 Å². The Balaban J connectivity index is 2.59. The number of hydrogen-bond donors (Lipinski definition) is 3. The van der Waals surface area contributed by atoms with Crippen LogP contribution in [0.2, 0.25) is 0 Å². The second-order valence-electron chi connectivity index (χ2n) is 6.50. The van der Waals surface area contributed by atoms with Crippen molar-refractivity contribution in [2.75, 3.05) is 6.54 Å². The van der Waals surface area contributed by atoms with Gasteiger partial charge in [0, 0.05) is 12.5 Å². The summed E-state index contributed by atoms with van der Waals surface area (Å²) in [6, 6.07) is -0.844. The molecule has 0 aromatic rings. The highest BCUT2D eigenvalue weighted by Crippen LogP contribution is 2.24. The molecule has 3 amide bonds. The Hall–Kier alpha value is -1.79. The molecular weight excluding hydrogens is 274 g/mol. The van der Waals surface area contributed by atoms with Crippen molar-refractivity contribution in [3.63, 3.8) is 0 Å². The molecule has 0 bridgehead atoms. The highest BCUT2D eigenvalue weighted by molar-refractivity contribution is 5.84. The summed E-state index contributed by atoms with van der Waals surface area (Å²) in [7, 11) is 0. The molecule has 0 aliphatic carbocycles. The molecule has 7 nitrogen and oxygen atoms in total. The van der Waals surface area contributed by atoms with E-state index >= 15 is 0 Å². The monoisotopic (exact) mass is 299 g/mol. The molecule has 7 heteroatoms. The molecule has 120 valence electrons. The predicted molar refractivity (Wildman–Crippen MR) is 77.2 cm³/mol. The van der Waals surface area contributed by atoms with E-state index in [2.05, 4.69) is 10.6 Å². The first kappa shape index (κ1) is 17.3. The summed E-state index contributed by atoms with van der Waals surface area (Å²) in [5.41, 5.74) is 4.67. The number of carbonyl (C=O) groups is 3. The van der Waals surface area contributed by atoms with Crippen LogP contribution < -0.4 is 16.4 Å². The molecule has 0 saturated carbocycles. The Bertz CT molecular complexity index is 417. The lowest BCUT2D eigenvalue weighted by molar-refractivity contribution is -0.125. The summed E-state index contributed by atoms with van der Waals surface area (Å²) < 4.78 is 5.11. The van der Waals surface area contributed by atoms with Gasteiger partial charge in [0.15, 0.2) is 0 Å². The second-order valence-corrected chi connectivity index (χ2v) is 6.50. The van der Waals surface area contributed by atoms with E-state index in [1.165, 1.54) is 0 Å². The molecular formula is C14H25N3O4. The van der Waals surface area contributed by atoms with E-state index in [1.807, 2.05) is 6.92 Å². The molecule has 0 aromatic carbocycles. The molecule has 0 radical (unpaired) electrons. The third kappa shape index (κ3) is 5.61. The van der Waals surface area contributed by atoms with E-state index in [1.54, 1.807) is 20.8 Å². The average molecular weight is 299 g/mol. The zero-order chi connectivity index (χ0) is 16.2. The predicted octanol–water partition coefficient (Wildman–Crippen LogP) is 0.527. The maximum absolute atomic E-state index is 11.7. The van der Waals surface area contributed by atoms with E-state index in [0.29, 0.717) is 13.0 Å². The fraction of sp³-hybridized carbons (Fsp3) is 0.786. The highest BCUT2D eigenvalue weighted by Gasteiger charge is 2.33. The van der Waals surface area contributed by atoms with Crippen LogP contribution in [0.25, 0.3) is 0 Å². The number of nitrogens with two attached hydrogens (primary N) is 1. The Morgan fingerprint density at radius 1 is 1.48 bits per heavy atom. The molecule has 0 spiro atoms. The summed E-state index contributed by atoms with van der Waals surface area (Å²) in [4.78, 5) is 34.8. The lowest BCUT2D eigenvalue weighted by Crippen LogP contribution is -2.47. The molecule has 3 atom stereocenters. The van der Waals surface area contributed by atoms with Crippen molar-refractivity contribution in [3.05, 3.63) is 0 Å². The van der Waals surface area contributed by atoms with Crippen LogP contribution in [0.1, 0.15) is 40.5 Å². The molecule has 1 rings (SSSR count). The first-order valence-electron chi connectivity index (χ1n) is 7.16. The molecule has 1 aliphatic rings. The second kappa shape index (κ2) is 6.78. The zero-order valence-electron chi connectivity index (χ0n) is 13.1. The first-order valence-corrected chi connectivity index (χ1v) is 7.16. The van der Waals surface area contributed by atoms with Crippen molar-refractivity contribution < 1.29 is 19.1 Å². The number of primary amides is 1. The molecule has 1 fully saturated rings. The van der Waals surface area contributed by atoms with Gasteiger partial charge < -0.3 is 21.1 Å². The molecule has 1 unspecified atom stereocenters. The third-order valence-electron chi connectivity index (χ3n) is 3.42. The minimum Gasteiger partial charge on any atom is -0.444 e. The summed E-state index contributed by atoms with van der Waals surface area (Å²) in [6.07, 6.45) is 0.360. The Morgan fingerprint density at radius 3 is 2.52 bits per heavy atom. The van der Waals surface area contributed by atoms with Crippen LogP contribution in [-0.2, 0) is 14.3 Å². The van der Waals surface area contributed by atoms with Gasteiger partial charge in [-0.25, -0.2) is 4.79 Å². The Morgan fingerprint density at radius 2 is 2.10 bits per heavy atom. The van der Waals surface area contributed by atoms with Crippen LogP contribution in [0.15, 0.2) is 0 Å². The summed E-state index contributed by atoms with van der Waals surface area (Å²) in [5, 5.41) is 5.23. The van der Waals surface area contributed by atoms with Gasteiger partial charge in [0.1, 0.15) is 11.6 Å². The highest BCUT2D eigenvalue weighted by atomic mass is 16.6. The molecule has 4 N–H and O–H groups in total. The number of ether oxygens (including phenoxy) is 1. The smallest absolute Gasteiger partial charge is 0.408 e. The van der Waals surface area contributed by atoms with Gasteiger partial charge in [-0.15, -0.1) is 0 Å². The fourth-order valence-electron chi connectivity index (χ4n) is 2.39. The van der Waals surface area contributed by atoms with Crippen LogP contribution >= 0.6 is 0 Å². The fourth-order valence-corrected chi connectivity index (χ4v) is 2.39. The molecule has 1 heterocycles. The molecule has 21 heavy (non-hydrogen) atoms. The van der Waals surface area contributed by atoms with Crippen molar-refractivity contribution in [2.45, 2.75) is 52.2 Å². The van der Waals surface area contributed by atoms with Gasteiger partial charge in [-0.1, -0.05) is 6.92 Å². The number of carbonyl (C=O) groups excluding carboxylic acids is 3. The largest absolute Gasteiger partial charge is 0.444 e. The standard InChI is InChI=1S/C14H25N3O4/c1-8(9-5-6-16-12(9)19)7-10(11(15)18)17-13(20)21-14(2,3)4/h8-10H,5-7H2,1-4H3,(H2,15,18)(H,16,19)(H,17,20)/t8?,9-,10-/m0/s1. The van der Waals surface area contributed by atoms with Crippen molar-refractivity contribution in [3.8, 4) is 0 Å². The van der Waals surface area contributed by atoms with Gasteiger partial charge in [0.25, 0.3) is 0 Å². The van der Waals surface area contributed by atoms with Crippen LogP contribution in [0.3, 0.4) is 0 Å². The van der Waals surface area contributed by atoms with Gasteiger partial charge in [-0.05, 0) is 39.5 Å². The van der Waals surface area contributed by atoms with Crippen molar-refractivity contribution in [2.24, 2.45) is 17.6 Å². The van der Waals surface area contributed by atoms with Gasteiger partial charge in [-0.3, -0.25) is 9.59 Å². The first-order chi connectivity index (χ1) is 9.60. The van der Waals surface area contributed by atoms with Crippen LogP contribution in [0.4, 0.5) is 4.79 Å². The number of nitrogens with one attached hydrogen (secondary N) is 2. The SMILES string of the molecule is CC(C[C@H](NC(=O)OC(C)(C)C)C(N)=O)[C@@H]1CCNC1=O. The molecule has 1 aliphatic heterocycles. The van der Waals surface area contributed by atoms with Crippen molar-refractivity contribution in [1.82, 2.24) is 10.6 Å². The van der Waals surface area contributed by atoms with Crippen molar-refractivity contribution >= 4 is 17.9 Å². The summed E-state index contributed by atoms with van der Waals surface area (Å²) in [6.45, 7) is 7.73. The maximum Gasteiger partial charge on any atom is 0.408 e. The Labute approximate surface area is 125 Å². The van der Waals surface area contributed by atoms with E-state index in [-0.39, 0.29) is 17.7 Å². The van der Waals surface area contributed by atoms with E-state index < -0.39 is 23.6 Å². The average Bonchev–Trinajstić information content (AvgIpc) is 2.71. The molecule has 1 saturated heterocycles. The lowest BCUT2D eigenvalue weighted by Gasteiger charge is -2.25. The quantitative estimate of drug-likeness (QED) is 0.687. The lowest BCUT2D eigenvalue weighted by atomic mass is 9.87. The third-order valence-corrected chi connectivity index (χ3v) is 3.42. The van der Waals surface area contributed by atoms with Crippen LogP contribution in [0, 0.1) is 11.8 Å². The normalized spacial score (nSPS) is 21.3. The maximum atomic E-state index is 11.7. The number of amides is 3. The minimum atomic E-state index is -0.844. The van der Waals surface area contributed by atoms with Gasteiger partial charge >= 0.3 is 6.09 Å². The zero-order valence-corrected chi connectivity index (χ0v) is 13.1. The van der Waals surface area contributed by atoms with Gasteiger partial charge in [-0.2, -0.15) is 0 Å². The molecule has 0 aromatic heterocycles. The van der Waals surface area contributed by atoms with Crippen LogP contribution in [-0.4, -0.2) is 36.1 Å². The van der Waals surface area contributed by atoms with Gasteiger partial charge in [0.05, 0.1) is 0 Å². The number of rotatable bonds is 5.